The van der Waals surface area contributed by atoms with Crippen LogP contribution in [-0.4, -0.2) is 29.2 Å². The lowest BCUT2D eigenvalue weighted by atomic mass is 10.3. The van der Waals surface area contributed by atoms with E-state index in [2.05, 4.69) is 15.8 Å². The van der Waals surface area contributed by atoms with E-state index in [1.165, 1.54) is 43.0 Å². The summed E-state index contributed by atoms with van der Waals surface area (Å²) in [5, 5.41) is 0.555. The monoisotopic (exact) mass is 349 g/mol. The second kappa shape index (κ2) is 8.30. The molecule has 6 nitrogen and oxygen atoms in total. The van der Waals surface area contributed by atoms with Crippen LogP contribution in [0.2, 0.25) is 0 Å². The molecular formula is C16H16FN3O3S. The van der Waals surface area contributed by atoms with Crippen LogP contribution in [-0.2, 0) is 4.79 Å². The number of pyridine rings is 1. The molecule has 0 spiro atoms. The van der Waals surface area contributed by atoms with E-state index in [1.807, 2.05) is 0 Å². The average molecular weight is 349 g/mol. The van der Waals surface area contributed by atoms with Crippen molar-refractivity contribution in [2.75, 3.05) is 6.26 Å². The van der Waals surface area contributed by atoms with Gasteiger partial charge in [-0.15, -0.1) is 11.8 Å². The summed E-state index contributed by atoms with van der Waals surface area (Å²) in [5.74, 6) is -1.06. The van der Waals surface area contributed by atoms with Crippen LogP contribution in [0.5, 0.6) is 5.75 Å². The molecule has 0 aliphatic carbocycles. The van der Waals surface area contributed by atoms with E-state index in [0.717, 1.165) is 0 Å². The largest absolute Gasteiger partial charge is 0.481 e. The second-order valence-corrected chi connectivity index (χ2v) is 5.51. The molecule has 126 valence electrons. The average Bonchev–Trinajstić information content (AvgIpc) is 2.61. The van der Waals surface area contributed by atoms with E-state index in [0.29, 0.717) is 16.3 Å². The van der Waals surface area contributed by atoms with Crippen LogP contribution in [0.3, 0.4) is 0 Å². The Balaban J connectivity index is 1.90. The van der Waals surface area contributed by atoms with E-state index in [4.69, 9.17) is 4.74 Å². The Morgan fingerprint density at radius 1 is 1.21 bits per heavy atom. The maximum Gasteiger partial charge on any atom is 0.279 e. The van der Waals surface area contributed by atoms with Gasteiger partial charge in [-0.1, -0.05) is 0 Å². The van der Waals surface area contributed by atoms with Crippen molar-refractivity contribution in [1.82, 2.24) is 15.8 Å². The number of nitrogens with one attached hydrogen (secondary N) is 2. The number of hydrazine groups is 1. The molecule has 0 saturated heterocycles. The van der Waals surface area contributed by atoms with Crippen molar-refractivity contribution in [3.8, 4) is 5.75 Å². The van der Waals surface area contributed by atoms with E-state index in [1.54, 1.807) is 24.6 Å². The molecule has 0 radical (unpaired) electrons. The third-order valence-electron chi connectivity index (χ3n) is 3.00. The summed E-state index contributed by atoms with van der Waals surface area (Å²) in [5.41, 5.74) is 4.97. The molecule has 1 aromatic heterocycles. The van der Waals surface area contributed by atoms with Crippen LogP contribution in [0.15, 0.2) is 47.6 Å². The van der Waals surface area contributed by atoms with Gasteiger partial charge in [0, 0.05) is 6.20 Å². The number of rotatable bonds is 5. The number of benzene rings is 1. The molecule has 2 aromatic rings. The maximum atomic E-state index is 12.8. The van der Waals surface area contributed by atoms with Gasteiger partial charge in [0.25, 0.3) is 11.8 Å². The fraction of sp³-hybridized carbons (Fsp3) is 0.188. The van der Waals surface area contributed by atoms with Gasteiger partial charge in [0.05, 0.1) is 5.56 Å². The molecule has 2 rings (SSSR count). The van der Waals surface area contributed by atoms with Crippen molar-refractivity contribution in [3.05, 3.63) is 54.0 Å². The number of thioether (sulfide) groups is 1. The lowest BCUT2D eigenvalue weighted by Gasteiger charge is -2.15. The molecule has 0 fully saturated rings. The normalized spacial score (nSPS) is 11.5. The fourth-order valence-electron chi connectivity index (χ4n) is 1.78. The Labute approximate surface area is 142 Å². The van der Waals surface area contributed by atoms with E-state index in [-0.39, 0.29) is 0 Å². The standard InChI is InChI=1S/C16H16FN3O3S/c1-10(23-12-7-5-11(17)6-8-12)14(21)19-20-15(22)13-4-3-9-18-16(13)24-2/h3-10H,1-2H3,(H,19,21)(H,20,22)/t10-/m1/s1. The first-order valence-corrected chi connectivity index (χ1v) is 8.25. The summed E-state index contributed by atoms with van der Waals surface area (Å²) in [6.07, 6.45) is 2.51. The highest BCUT2D eigenvalue weighted by molar-refractivity contribution is 7.98. The molecule has 0 aliphatic heterocycles. The van der Waals surface area contributed by atoms with Crippen molar-refractivity contribution in [2.24, 2.45) is 0 Å². The molecule has 1 aromatic carbocycles. The molecule has 0 saturated carbocycles. The van der Waals surface area contributed by atoms with Crippen molar-refractivity contribution in [2.45, 2.75) is 18.1 Å². The minimum Gasteiger partial charge on any atom is -0.481 e. The molecule has 8 heteroatoms. The quantitative estimate of drug-likeness (QED) is 0.639. The third-order valence-corrected chi connectivity index (χ3v) is 3.72. The van der Waals surface area contributed by atoms with Gasteiger partial charge in [-0.3, -0.25) is 20.4 Å². The van der Waals surface area contributed by atoms with Gasteiger partial charge in [-0.2, -0.15) is 0 Å². The number of ether oxygens (including phenoxy) is 1. The van der Waals surface area contributed by atoms with Gasteiger partial charge in [-0.05, 0) is 49.6 Å². The number of carbonyl (C=O) groups excluding carboxylic acids is 2. The number of aromatic nitrogens is 1. The first kappa shape index (κ1) is 17.7. The summed E-state index contributed by atoms with van der Waals surface area (Å²) in [4.78, 5) is 28.1. The predicted octanol–water partition coefficient (Wildman–Crippen LogP) is 2.17. The first-order chi connectivity index (χ1) is 11.5. The second-order valence-electron chi connectivity index (χ2n) is 4.72. The van der Waals surface area contributed by atoms with Crippen molar-refractivity contribution in [3.63, 3.8) is 0 Å². The zero-order chi connectivity index (χ0) is 17.5. The van der Waals surface area contributed by atoms with Gasteiger partial charge in [0.1, 0.15) is 16.6 Å². The highest BCUT2D eigenvalue weighted by Crippen LogP contribution is 2.16. The minimum absolute atomic E-state index is 0.349. The molecule has 2 amide bonds. The van der Waals surface area contributed by atoms with Gasteiger partial charge >= 0.3 is 0 Å². The molecular weight excluding hydrogens is 333 g/mol. The Morgan fingerprint density at radius 2 is 1.92 bits per heavy atom. The molecule has 2 N–H and O–H groups in total. The lowest BCUT2D eigenvalue weighted by Crippen LogP contribution is -2.47. The number of hydrogen-bond donors (Lipinski definition) is 2. The third kappa shape index (κ3) is 4.69. The zero-order valence-electron chi connectivity index (χ0n) is 13.1. The first-order valence-electron chi connectivity index (χ1n) is 7.02. The summed E-state index contributed by atoms with van der Waals surface area (Å²) >= 11 is 1.33. The number of halogens is 1. The van der Waals surface area contributed by atoms with Crippen molar-refractivity contribution >= 4 is 23.6 Å². The van der Waals surface area contributed by atoms with Gasteiger partial charge < -0.3 is 4.74 Å². The van der Waals surface area contributed by atoms with Crippen LogP contribution in [0.25, 0.3) is 0 Å². The van der Waals surface area contributed by atoms with Gasteiger partial charge in [-0.25, -0.2) is 9.37 Å². The number of hydrogen-bond acceptors (Lipinski definition) is 5. The maximum absolute atomic E-state index is 12.8. The SMILES string of the molecule is CSc1ncccc1C(=O)NNC(=O)[C@@H](C)Oc1ccc(F)cc1. The molecule has 1 atom stereocenters. The van der Waals surface area contributed by atoms with Crippen LogP contribution < -0.4 is 15.6 Å². The summed E-state index contributed by atoms with van der Waals surface area (Å²) < 4.78 is 18.2. The minimum atomic E-state index is -0.871. The topological polar surface area (TPSA) is 80.3 Å². The smallest absolute Gasteiger partial charge is 0.279 e. The highest BCUT2D eigenvalue weighted by atomic mass is 32.2. The molecule has 0 aliphatic rings. The zero-order valence-corrected chi connectivity index (χ0v) is 13.9. The number of carbonyl (C=O) groups is 2. The van der Waals surface area contributed by atoms with Gasteiger partial charge in [0.15, 0.2) is 6.10 Å². The van der Waals surface area contributed by atoms with E-state index in [9.17, 15) is 14.0 Å². The molecule has 24 heavy (non-hydrogen) atoms. The fourth-order valence-corrected chi connectivity index (χ4v) is 2.33. The summed E-state index contributed by atoms with van der Waals surface area (Å²) in [6.45, 7) is 1.52. The lowest BCUT2D eigenvalue weighted by molar-refractivity contribution is -0.128. The van der Waals surface area contributed by atoms with Crippen LogP contribution >= 0.6 is 11.8 Å². The molecule has 0 unspecified atom stereocenters. The summed E-state index contributed by atoms with van der Waals surface area (Å²) in [7, 11) is 0. The van der Waals surface area contributed by atoms with Crippen molar-refractivity contribution < 1.29 is 18.7 Å². The Hall–Kier alpha value is -2.61. The highest BCUT2D eigenvalue weighted by Gasteiger charge is 2.17. The van der Waals surface area contributed by atoms with Crippen LogP contribution in [0.4, 0.5) is 4.39 Å². The van der Waals surface area contributed by atoms with Crippen LogP contribution in [0.1, 0.15) is 17.3 Å². The number of amides is 2. The number of nitrogens with zero attached hydrogens (tertiary/aromatic N) is 1. The van der Waals surface area contributed by atoms with E-state index < -0.39 is 23.7 Å². The van der Waals surface area contributed by atoms with E-state index >= 15 is 0 Å². The van der Waals surface area contributed by atoms with Gasteiger partial charge in [0.2, 0.25) is 0 Å². The van der Waals surface area contributed by atoms with Crippen LogP contribution in [0, 0.1) is 5.82 Å². The predicted molar refractivity (Wildman–Crippen MR) is 88.1 cm³/mol. The van der Waals surface area contributed by atoms with Crippen molar-refractivity contribution in [1.29, 1.82) is 0 Å². The Morgan fingerprint density at radius 3 is 2.58 bits per heavy atom. The molecule has 1 heterocycles. The Kier molecular flexibility index (Phi) is 6.14. The Bertz CT molecular complexity index is 725. The summed E-state index contributed by atoms with van der Waals surface area (Å²) in [6, 6.07) is 8.54. The molecule has 0 bridgehead atoms.